The van der Waals surface area contributed by atoms with Gasteiger partial charge in [-0.05, 0) is 54.1 Å². The third-order valence-corrected chi connectivity index (χ3v) is 6.50. The van der Waals surface area contributed by atoms with Crippen LogP contribution in [0.3, 0.4) is 0 Å². The molecule has 3 heterocycles. The summed E-state index contributed by atoms with van der Waals surface area (Å²) in [5.41, 5.74) is 1.95. The Balaban J connectivity index is 1.11. The first-order valence-corrected chi connectivity index (χ1v) is 12.8. The van der Waals surface area contributed by atoms with Crippen molar-refractivity contribution < 1.29 is 23.5 Å². The number of pyridine rings is 2. The van der Waals surface area contributed by atoms with E-state index in [1.807, 2.05) is 0 Å². The van der Waals surface area contributed by atoms with E-state index >= 15 is 0 Å². The Morgan fingerprint density at radius 2 is 1.62 bits per heavy atom. The van der Waals surface area contributed by atoms with Gasteiger partial charge in [0.1, 0.15) is 29.1 Å². The van der Waals surface area contributed by atoms with Crippen molar-refractivity contribution in [3.05, 3.63) is 119 Å². The summed E-state index contributed by atoms with van der Waals surface area (Å²) in [4.78, 5) is 39.3. The van der Waals surface area contributed by atoms with Gasteiger partial charge in [-0.2, -0.15) is 0 Å². The summed E-state index contributed by atoms with van der Waals surface area (Å²) in [5, 5.41) is 0. The molecular weight excluding hydrogens is 511 g/mol. The Morgan fingerprint density at radius 1 is 0.900 bits per heavy atom. The SMILES string of the molecule is [C-]#[N+]c1ccc(OC2CCN(C(=O)c3ccc(C(=O)Cc4ccc(Oc5ccc(F)cc5)nc4)cn3)CC2)cc1. The molecule has 0 spiro atoms. The maximum Gasteiger partial charge on any atom is 0.272 e. The highest BCUT2D eigenvalue weighted by Crippen LogP contribution is 2.23. The van der Waals surface area contributed by atoms with E-state index in [-0.39, 0.29) is 35.7 Å². The number of piperidine rings is 1. The third kappa shape index (κ3) is 6.66. The summed E-state index contributed by atoms with van der Waals surface area (Å²) in [6.07, 6.45) is 4.47. The smallest absolute Gasteiger partial charge is 0.272 e. The molecular formula is C31H25FN4O4. The molecule has 8 nitrogen and oxygen atoms in total. The second kappa shape index (κ2) is 12.2. The van der Waals surface area contributed by atoms with Crippen LogP contribution in [0.25, 0.3) is 4.85 Å². The molecule has 0 bridgehead atoms. The number of carbonyl (C=O) groups excluding carboxylic acids is 2. The highest BCUT2D eigenvalue weighted by molar-refractivity contribution is 5.98. The zero-order chi connectivity index (χ0) is 27.9. The minimum Gasteiger partial charge on any atom is -0.490 e. The molecule has 1 aliphatic heterocycles. The molecule has 2 aromatic heterocycles. The number of aromatic nitrogens is 2. The van der Waals surface area contributed by atoms with Crippen molar-refractivity contribution in [3.63, 3.8) is 0 Å². The molecule has 0 aliphatic carbocycles. The van der Waals surface area contributed by atoms with Crippen LogP contribution in [0.2, 0.25) is 0 Å². The molecule has 0 N–H and O–H groups in total. The average molecular weight is 537 g/mol. The van der Waals surface area contributed by atoms with Crippen molar-refractivity contribution in [1.82, 2.24) is 14.9 Å². The van der Waals surface area contributed by atoms with Gasteiger partial charge in [-0.25, -0.2) is 14.2 Å². The number of nitrogens with zero attached hydrogens (tertiary/aromatic N) is 4. The lowest BCUT2D eigenvalue weighted by Gasteiger charge is -2.32. The van der Waals surface area contributed by atoms with Crippen molar-refractivity contribution in [2.75, 3.05) is 13.1 Å². The lowest BCUT2D eigenvalue weighted by atomic mass is 10.0. The number of hydrogen-bond acceptors (Lipinski definition) is 6. The Hall–Kier alpha value is -5.10. The first-order valence-electron chi connectivity index (χ1n) is 12.8. The summed E-state index contributed by atoms with van der Waals surface area (Å²) >= 11 is 0. The zero-order valence-corrected chi connectivity index (χ0v) is 21.5. The molecule has 0 radical (unpaired) electrons. The van der Waals surface area contributed by atoms with Gasteiger partial charge >= 0.3 is 0 Å². The zero-order valence-electron chi connectivity index (χ0n) is 21.5. The number of hydrogen-bond donors (Lipinski definition) is 0. The van der Waals surface area contributed by atoms with Crippen molar-refractivity contribution in [3.8, 4) is 17.4 Å². The van der Waals surface area contributed by atoms with Gasteiger partial charge in [-0.1, -0.05) is 18.2 Å². The first-order chi connectivity index (χ1) is 19.5. The van der Waals surface area contributed by atoms with Gasteiger partial charge in [0.05, 0.1) is 6.57 Å². The molecule has 1 fully saturated rings. The van der Waals surface area contributed by atoms with Gasteiger partial charge in [0, 0.05) is 56.4 Å². The van der Waals surface area contributed by atoms with Crippen LogP contribution in [-0.2, 0) is 6.42 Å². The molecule has 1 saturated heterocycles. The molecule has 0 unspecified atom stereocenters. The monoisotopic (exact) mass is 536 g/mol. The fraction of sp³-hybridized carbons (Fsp3) is 0.194. The number of benzene rings is 2. The van der Waals surface area contributed by atoms with Crippen molar-refractivity contribution in [2.45, 2.75) is 25.4 Å². The van der Waals surface area contributed by atoms with Crippen LogP contribution < -0.4 is 9.47 Å². The molecule has 2 aromatic carbocycles. The van der Waals surface area contributed by atoms with Gasteiger partial charge in [0.15, 0.2) is 11.5 Å². The molecule has 9 heteroatoms. The topological polar surface area (TPSA) is 86.0 Å². The Morgan fingerprint density at radius 3 is 2.25 bits per heavy atom. The third-order valence-electron chi connectivity index (χ3n) is 6.50. The van der Waals surface area contributed by atoms with E-state index in [1.165, 1.54) is 30.5 Å². The van der Waals surface area contributed by atoms with Gasteiger partial charge in [0.25, 0.3) is 5.91 Å². The fourth-order valence-corrected chi connectivity index (χ4v) is 4.30. The van der Waals surface area contributed by atoms with E-state index in [9.17, 15) is 14.0 Å². The van der Waals surface area contributed by atoms with Crippen LogP contribution in [-0.4, -0.2) is 45.8 Å². The van der Waals surface area contributed by atoms with Gasteiger partial charge in [0.2, 0.25) is 5.88 Å². The molecule has 40 heavy (non-hydrogen) atoms. The van der Waals surface area contributed by atoms with Crippen LogP contribution in [0.1, 0.15) is 39.3 Å². The van der Waals surface area contributed by atoms with Crippen LogP contribution in [0, 0.1) is 12.4 Å². The number of ketones is 1. The van der Waals surface area contributed by atoms with E-state index in [0.717, 1.165) is 0 Å². The summed E-state index contributed by atoms with van der Waals surface area (Å²) in [6, 6.07) is 19.2. The number of amides is 1. The molecule has 200 valence electrons. The van der Waals surface area contributed by atoms with E-state index < -0.39 is 0 Å². The summed E-state index contributed by atoms with van der Waals surface area (Å²) in [7, 11) is 0. The Bertz CT molecular complexity index is 1510. The lowest BCUT2D eigenvalue weighted by Crippen LogP contribution is -2.42. The normalized spacial score (nSPS) is 13.3. The van der Waals surface area contributed by atoms with Gasteiger partial charge in [-0.15, -0.1) is 0 Å². The predicted octanol–water partition coefficient (Wildman–Crippen LogP) is 6.07. The number of rotatable bonds is 8. The maximum atomic E-state index is 13.0. The minimum absolute atomic E-state index is 0.00572. The molecule has 0 saturated carbocycles. The fourth-order valence-electron chi connectivity index (χ4n) is 4.30. The molecule has 5 rings (SSSR count). The highest BCUT2D eigenvalue weighted by atomic mass is 19.1. The summed E-state index contributed by atoms with van der Waals surface area (Å²) < 4.78 is 24.6. The largest absolute Gasteiger partial charge is 0.490 e. The first kappa shape index (κ1) is 26.5. The minimum atomic E-state index is -0.353. The number of halogens is 1. The average Bonchev–Trinajstić information content (AvgIpc) is 3.00. The van der Waals surface area contributed by atoms with E-state index in [0.29, 0.717) is 60.1 Å². The van der Waals surface area contributed by atoms with E-state index in [1.54, 1.807) is 59.6 Å². The number of likely N-dealkylation sites (tertiary alicyclic amines) is 1. The van der Waals surface area contributed by atoms with Gasteiger partial charge < -0.3 is 14.4 Å². The van der Waals surface area contributed by atoms with Crippen LogP contribution >= 0.6 is 0 Å². The van der Waals surface area contributed by atoms with Crippen LogP contribution in [0.4, 0.5) is 10.1 Å². The van der Waals surface area contributed by atoms with Crippen LogP contribution in [0.15, 0.2) is 85.2 Å². The van der Waals surface area contributed by atoms with Crippen molar-refractivity contribution in [2.24, 2.45) is 0 Å². The molecule has 0 atom stereocenters. The Kier molecular flexibility index (Phi) is 8.07. The van der Waals surface area contributed by atoms with Gasteiger partial charge in [-0.3, -0.25) is 14.6 Å². The number of ether oxygens (including phenoxy) is 2. The molecule has 1 aliphatic rings. The summed E-state index contributed by atoms with van der Waals surface area (Å²) in [5.74, 6) is 0.819. The number of Topliss-reactive ketones (excluding diaryl/α,β-unsaturated/α-hetero) is 1. The van der Waals surface area contributed by atoms with Crippen LogP contribution in [0.5, 0.6) is 17.4 Å². The van der Waals surface area contributed by atoms with E-state index in [2.05, 4.69) is 14.8 Å². The second-order valence-corrected chi connectivity index (χ2v) is 9.31. The maximum absolute atomic E-state index is 13.0. The second-order valence-electron chi connectivity index (χ2n) is 9.31. The summed E-state index contributed by atoms with van der Waals surface area (Å²) in [6.45, 7) is 8.11. The highest BCUT2D eigenvalue weighted by Gasteiger charge is 2.25. The quantitative estimate of drug-likeness (QED) is 0.201. The van der Waals surface area contributed by atoms with Crippen molar-refractivity contribution in [1.29, 1.82) is 0 Å². The lowest BCUT2D eigenvalue weighted by molar-refractivity contribution is 0.0589. The Labute approximate surface area is 230 Å². The predicted molar refractivity (Wildman–Crippen MR) is 145 cm³/mol. The van der Waals surface area contributed by atoms with E-state index in [4.69, 9.17) is 16.0 Å². The molecule has 1 amide bonds. The standard InChI is InChI=1S/C31H25FN4O4/c1-33-24-6-10-25(11-7-24)39-27-14-16-36(17-15-27)31(38)28-12-3-22(20-34-28)29(37)18-21-2-13-30(35-19-21)40-26-8-4-23(32)5-9-26/h2-13,19-20,27H,14-18H2. The van der Waals surface area contributed by atoms with Crippen molar-refractivity contribution >= 4 is 17.4 Å². The number of carbonyl (C=O) groups is 2. The molecule has 4 aromatic rings.